The minimum Gasteiger partial charge on any atom is -0.497 e. The summed E-state index contributed by atoms with van der Waals surface area (Å²) in [4.78, 5) is 6.35. The van der Waals surface area contributed by atoms with Gasteiger partial charge in [-0.2, -0.15) is 0 Å². The van der Waals surface area contributed by atoms with Crippen LogP contribution in [0, 0.1) is 0 Å². The molecule has 0 saturated carbocycles. The Morgan fingerprint density at radius 3 is 2.30 bits per heavy atom. The van der Waals surface area contributed by atoms with Crippen LogP contribution in [-0.4, -0.2) is 24.2 Å². The lowest BCUT2D eigenvalue weighted by Crippen LogP contribution is -2.10. The minimum atomic E-state index is -0.490. The van der Waals surface area contributed by atoms with E-state index in [9.17, 15) is 5.11 Å². The second-order valence-electron chi connectivity index (χ2n) is 4.62. The van der Waals surface area contributed by atoms with Crippen molar-refractivity contribution in [1.82, 2.24) is 4.98 Å². The van der Waals surface area contributed by atoms with Crippen LogP contribution in [0.4, 0.5) is 11.4 Å². The summed E-state index contributed by atoms with van der Waals surface area (Å²) in [5.41, 5.74) is 2.73. The zero-order chi connectivity index (χ0) is 14.5. The summed E-state index contributed by atoms with van der Waals surface area (Å²) < 4.78 is 5.15. The molecule has 0 aliphatic carbocycles. The predicted octanol–water partition coefficient (Wildman–Crippen LogP) is 3.30. The summed E-state index contributed by atoms with van der Waals surface area (Å²) >= 11 is 0. The van der Waals surface area contributed by atoms with Crippen molar-refractivity contribution in [3.63, 3.8) is 0 Å². The number of benzene rings is 1. The molecule has 0 saturated heterocycles. The van der Waals surface area contributed by atoms with Gasteiger partial charge in [0.05, 0.1) is 30.8 Å². The van der Waals surface area contributed by atoms with Gasteiger partial charge in [0.2, 0.25) is 0 Å². The highest BCUT2D eigenvalue weighted by Crippen LogP contribution is 2.26. The molecule has 4 heteroatoms. The van der Waals surface area contributed by atoms with Crippen LogP contribution in [-0.2, 0) is 0 Å². The Morgan fingerprint density at radius 2 is 1.80 bits per heavy atom. The van der Waals surface area contributed by atoms with Crippen molar-refractivity contribution in [3.05, 3.63) is 48.3 Å². The van der Waals surface area contributed by atoms with Crippen molar-refractivity contribution in [2.45, 2.75) is 19.4 Å². The van der Waals surface area contributed by atoms with E-state index < -0.39 is 6.10 Å². The first-order valence-electron chi connectivity index (χ1n) is 6.67. The average Bonchev–Trinajstić information content (AvgIpc) is 2.53. The first-order valence-corrected chi connectivity index (χ1v) is 6.67. The third kappa shape index (κ3) is 3.08. The summed E-state index contributed by atoms with van der Waals surface area (Å²) in [5, 5.41) is 9.74. The van der Waals surface area contributed by atoms with Crippen molar-refractivity contribution in [3.8, 4) is 5.75 Å². The molecule has 0 aliphatic rings. The fourth-order valence-corrected chi connectivity index (χ4v) is 1.96. The number of ether oxygens (including phenoxy) is 1. The van der Waals surface area contributed by atoms with Gasteiger partial charge in [0, 0.05) is 12.7 Å². The van der Waals surface area contributed by atoms with Gasteiger partial charge in [0.1, 0.15) is 5.75 Å². The van der Waals surface area contributed by atoms with Crippen LogP contribution in [0.25, 0.3) is 0 Å². The monoisotopic (exact) mass is 272 g/mol. The third-order valence-corrected chi connectivity index (χ3v) is 3.35. The molecule has 1 aromatic heterocycles. The quantitative estimate of drug-likeness (QED) is 0.907. The van der Waals surface area contributed by atoms with Crippen LogP contribution in [0.2, 0.25) is 0 Å². The van der Waals surface area contributed by atoms with E-state index in [2.05, 4.69) is 4.98 Å². The number of hydrogen-bond donors (Lipinski definition) is 1. The maximum Gasteiger partial charge on any atom is 0.119 e. The van der Waals surface area contributed by atoms with E-state index in [4.69, 9.17) is 4.74 Å². The Balaban J connectivity index is 2.17. The second-order valence-corrected chi connectivity index (χ2v) is 4.62. The SMILES string of the molecule is CCC(O)c1ccc(N(C)c2ccc(OC)cc2)cn1. The van der Waals surface area contributed by atoms with Crippen LogP contribution in [0.15, 0.2) is 42.6 Å². The molecule has 0 radical (unpaired) electrons. The number of methoxy groups -OCH3 is 1. The Kier molecular flexibility index (Phi) is 4.58. The Morgan fingerprint density at radius 1 is 1.15 bits per heavy atom. The van der Waals surface area contributed by atoms with Crippen molar-refractivity contribution < 1.29 is 9.84 Å². The molecule has 106 valence electrons. The van der Waals surface area contributed by atoms with Gasteiger partial charge in [-0.05, 0) is 42.8 Å². The van der Waals surface area contributed by atoms with E-state index in [1.807, 2.05) is 55.3 Å². The molecule has 0 spiro atoms. The topological polar surface area (TPSA) is 45.6 Å². The largest absolute Gasteiger partial charge is 0.497 e. The lowest BCUT2D eigenvalue weighted by atomic mass is 10.2. The molecule has 2 rings (SSSR count). The van der Waals surface area contributed by atoms with Gasteiger partial charge in [-0.1, -0.05) is 6.92 Å². The zero-order valence-corrected chi connectivity index (χ0v) is 12.1. The van der Waals surface area contributed by atoms with E-state index in [1.165, 1.54) is 0 Å². The number of nitrogens with zero attached hydrogens (tertiary/aromatic N) is 2. The van der Waals surface area contributed by atoms with Crippen molar-refractivity contribution in [1.29, 1.82) is 0 Å². The molecular formula is C16H20N2O2. The molecule has 0 amide bonds. The molecule has 4 nitrogen and oxygen atoms in total. The van der Waals surface area contributed by atoms with Gasteiger partial charge in [-0.15, -0.1) is 0 Å². The summed E-state index contributed by atoms with van der Waals surface area (Å²) in [5.74, 6) is 0.835. The van der Waals surface area contributed by atoms with E-state index in [1.54, 1.807) is 13.3 Å². The fourth-order valence-electron chi connectivity index (χ4n) is 1.96. The smallest absolute Gasteiger partial charge is 0.119 e. The van der Waals surface area contributed by atoms with E-state index in [-0.39, 0.29) is 0 Å². The molecule has 1 heterocycles. The van der Waals surface area contributed by atoms with Crippen LogP contribution in [0.5, 0.6) is 5.75 Å². The van der Waals surface area contributed by atoms with Gasteiger partial charge in [-0.3, -0.25) is 4.98 Å². The normalized spacial score (nSPS) is 12.0. The van der Waals surface area contributed by atoms with E-state index in [0.29, 0.717) is 12.1 Å². The summed E-state index contributed by atoms with van der Waals surface area (Å²) in [7, 11) is 3.63. The fraction of sp³-hybridized carbons (Fsp3) is 0.312. The summed E-state index contributed by atoms with van der Waals surface area (Å²) in [6, 6.07) is 11.7. The minimum absolute atomic E-state index is 0.490. The number of aliphatic hydroxyl groups is 1. The maximum atomic E-state index is 9.74. The highest BCUT2D eigenvalue weighted by molar-refractivity contribution is 5.62. The first-order chi connectivity index (χ1) is 9.65. The van der Waals surface area contributed by atoms with Crippen molar-refractivity contribution in [2.24, 2.45) is 0 Å². The van der Waals surface area contributed by atoms with Gasteiger partial charge >= 0.3 is 0 Å². The molecule has 0 fully saturated rings. The number of pyridine rings is 1. The zero-order valence-electron chi connectivity index (χ0n) is 12.1. The number of rotatable bonds is 5. The third-order valence-electron chi connectivity index (χ3n) is 3.35. The van der Waals surface area contributed by atoms with Crippen LogP contribution in [0.1, 0.15) is 25.1 Å². The predicted molar refractivity (Wildman–Crippen MR) is 80.5 cm³/mol. The van der Waals surface area contributed by atoms with Gasteiger partial charge < -0.3 is 14.7 Å². The van der Waals surface area contributed by atoms with Crippen molar-refractivity contribution in [2.75, 3.05) is 19.1 Å². The highest BCUT2D eigenvalue weighted by Gasteiger charge is 2.08. The Bertz CT molecular complexity index is 537. The average molecular weight is 272 g/mol. The van der Waals surface area contributed by atoms with Crippen LogP contribution >= 0.6 is 0 Å². The Hall–Kier alpha value is -2.07. The molecular weight excluding hydrogens is 252 g/mol. The summed E-state index contributed by atoms with van der Waals surface area (Å²) in [6.45, 7) is 1.93. The summed E-state index contributed by atoms with van der Waals surface area (Å²) in [6.07, 6.45) is 1.95. The molecule has 1 N–H and O–H groups in total. The maximum absolute atomic E-state index is 9.74. The van der Waals surface area contributed by atoms with Gasteiger partial charge in [0.15, 0.2) is 0 Å². The molecule has 2 aromatic rings. The first kappa shape index (κ1) is 14.3. The molecule has 1 unspecified atom stereocenters. The van der Waals surface area contributed by atoms with Crippen LogP contribution in [0.3, 0.4) is 0 Å². The van der Waals surface area contributed by atoms with Crippen molar-refractivity contribution >= 4 is 11.4 Å². The Labute approximate surface area is 119 Å². The second kappa shape index (κ2) is 6.39. The lowest BCUT2D eigenvalue weighted by molar-refractivity contribution is 0.169. The molecule has 1 aromatic carbocycles. The molecule has 20 heavy (non-hydrogen) atoms. The van der Waals surface area contributed by atoms with Crippen LogP contribution < -0.4 is 9.64 Å². The molecule has 1 atom stereocenters. The molecule has 0 bridgehead atoms. The highest BCUT2D eigenvalue weighted by atomic mass is 16.5. The van der Waals surface area contributed by atoms with E-state index in [0.717, 1.165) is 17.1 Å². The molecule has 0 aliphatic heterocycles. The number of hydrogen-bond acceptors (Lipinski definition) is 4. The number of aliphatic hydroxyl groups excluding tert-OH is 1. The van der Waals surface area contributed by atoms with Gasteiger partial charge in [0.25, 0.3) is 0 Å². The standard InChI is InChI=1S/C16H20N2O2/c1-4-16(19)15-10-7-13(11-17-15)18(2)12-5-8-14(20-3)9-6-12/h5-11,16,19H,4H2,1-3H3. The lowest BCUT2D eigenvalue weighted by Gasteiger charge is -2.20. The van der Waals surface area contributed by atoms with Gasteiger partial charge in [-0.25, -0.2) is 0 Å². The number of anilines is 2. The van der Waals surface area contributed by atoms with E-state index >= 15 is 0 Å². The number of aromatic nitrogens is 1.